The molecular formula is C10H13N3. The third kappa shape index (κ3) is 1.42. The second-order valence-corrected chi connectivity index (χ2v) is 3.23. The molecule has 0 aliphatic rings. The normalized spacial score (nSPS) is 13.4. The summed E-state index contributed by atoms with van der Waals surface area (Å²) in [6.07, 6.45) is 2.78. The highest BCUT2D eigenvalue weighted by molar-refractivity contribution is 5.78. The van der Waals surface area contributed by atoms with Gasteiger partial charge in [0.2, 0.25) is 0 Å². The lowest BCUT2D eigenvalue weighted by Gasteiger charge is -2.08. The van der Waals surface area contributed by atoms with Gasteiger partial charge in [0.25, 0.3) is 0 Å². The van der Waals surface area contributed by atoms with E-state index in [1.54, 1.807) is 0 Å². The molecular weight excluding hydrogens is 162 g/mol. The molecule has 0 unspecified atom stereocenters. The Balaban J connectivity index is 2.48. The van der Waals surface area contributed by atoms with E-state index < -0.39 is 0 Å². The molecule has 1 heterocycles. The van der Waals surface area contributed by atoms with Gasteiger partial charge in [-0.25, -0.2) is 0 Å². The highest BCUT2D eigenvalue weighted by Crippen LogP contribution is 2.18. The third-order valence-corrected chi connectivity index (χ3v) is 2.33. The monoisotopic (exact) mass is 175 g/mol. The van der Waals surface area contributed by atoms with Crippen LogP contribution in [0.15, 0.2) is 24.4 Å². The molecule has 0 radical (unpaired) electrons. The van der Waals surface area contributed by atoms with E-state index in [4.69, 9.17) is 5.73 Å². The number of aromatic nitrogens is 2. The summed E-state index contributed by atoms with van der Waals surface area (Å²) in [5.41, 5.74) is 8.16. The van der Waals surface area contributed by atoms with E-state index >= 15 is 0 Å². The zero-order chi connectivity index (χ0) is 9.26. The Morgan fingerprint density at radius 2 is 2.38 bits per heavy atom. The van der Waals surface area contributed by atoms with Crippen LogP contribution in [-0.2, 0) is 0 Å². The minimum Gasteiger partial charge on any atom is -0.324 e. The lowest BCUT2D eigenvalue weighted by atomic mass is 10.0. The maximum atomic E-state index is 5.92. The van der Waals surface area contributed by atoms with Crippen molar-refractivity contribution in [3.8, 4) is 0 Å². The third-order valence-electron chi connectivity index (χ3n) is 2.33. The summed E-state index contributed by atoms with van der Waals surface area (Å²) >= 11 is 0. The summed E-state index contributed by atoms with van der Waals surface area (Å²) in [6, 6.07) is 6.30. The largest absolute Gasteiger partial charge is 0.324 e. The Labute approximate surface area is 76.9 Å². The molecule has 0 amide bonds. The van der Waals surface area contributed by atoms with Crippen molar-refractivity contribution < 1.29 is 0 Å². The average molecular weight is 175 g/mol. The zero-order valence-corrected chi connectivity index (χ0v) is 7.62. The lowest BCUT2D eigenvalue weighted by molar-refractivity contribution is 0.700. The van der Waals surface area contributed by atoms with E-state index in [1.807, 2.05) is 12.3 Å². The number of H-pyrrole nitrogens is 1. The first-order valence-corrected chi connectivity index (χ1v) is 4.50. The van der Waals surface area contributed by atoms with Gasteiger partial charge in [0, 0.05) is 11.4 Å². The number of nitrogens with one attached hydrogen (secondary N) is 1. The molecule has 0 aliphatic heterocycles. The highest BCUT2D eigenvalue weighted by Gasteiger charge is 2.04. The molecule has 3 N–H and O–H groups in total. The molecule has 3 heteroatoms. The Bertz CT molecular complexity index is 405. The Kier molecular flexibility index (Phi) is 2.02. The van der Waals surface area contributed by atoms with Crippen LogP contribution in [0.3, 0.4) is 0 Å². The van der Waals surface area contributed by atoms with Crippen LogP contribution in [0.5, 0.6) is 0 Å². The van der Waals surface area contributed by atoms with E-state index in [9.17, 15) is 0 Å². The topological polar surface area (TPSA) is 54.7 Å². The minimum atomic E-state index is 0.138. The molecule has 2 rings (SSSR count). The van der Waals surface area contributed by atoms with E-state index in [0.29, 0.717) is 0 Å². The van der Waals surface area contributed by atoms with Gasteiger partial charge in [0.05, 0.1) is 11.7 Å². The fraction of sp³-hybridized carbons (Fsp3) is 0.300. The SMILES string of the molecule is CC[C@@H](N)c1ccc2[nH]ncc2c1. The van der Waals surface area contributed by atoms with Crippen molar-refractivity contribution in [1.29, 1.82) is 0 Å². The highest BCUT2D eigenvalue weighted by atomic mass is 15.1. The van der Waals surface area contributed by atoms with E-state index in [-0.39, 0.29) is 6.04 Å². The molecule has 0 spiro atoms. The average Bonchev–Trinajstić information content (AvgIpc) is 2.63. The number of hydrogen-bond acceptors (Lipinski definition) is 2. The standard InChI is InChI=1S/C10H13N3/c1-2-9(11)7-3-4-10-8(5-7)6-12-13-10/h3-6,9H,2,11H2,1H3,(H,12,13)/t9-/m1/s1. The molecule has 1 atom stereocenters. The molecule has 0 bridgehead atoms. The number of hydrogen-bond donors (Lipinski definition) is 2. The molecule has 13 heavy (non-hydrogen) atoms. The van der Waals surface area contributed by atoms with Crippen molar-refractivity contribution in [2.24, 2.45) is 5.73 Å². The predicted molar refractivity (Wildman–Crippen MR) is 53.3 cm³/mol. The van der Waals surface area contributed by atoms with Gasteiger partial charge in [-0.1, -0.05) is 13.0 Å². The summed E-state index contributed by atoms with van der Waals surface area (Å²) in [4.78, 5) is 0. The second kappa shape index (κ2) is 3.18. The van der Waals surface area contributed by atoms with E-state index in [2.05, 4.69) is 29.3 Å². The summed E-state index contributed by atoms with van der Waals surface area (Å²) in [5, 5.41) is 8.00. The van der Waals surface area contributed by atoms with Crippen molar-refractivity contribution in [3.63, 3.8) is 0 Å². The second-order valence-electron chi connectivity index (χ2n) is 3.23. The van der Waals surface area contributed by atoms with Crippen LogP contribution in [0.25, 0.3) is 10.9 Å². The molecule has 1 aromatic heterocycles. The Morgan fingerprint density at radius 3 is 3.15 bits per heavy atom. The molecule has 68 valence electrons. The predicted octanol–water partition coefficient (Wildman–Crippen LogP) is 1.97. The number of nitrogens with zero attached hydrogens (tertiary/aromatic N) is 1. The minimum absolute atomic E-state index is 0.138. The zero-order valence-electron chi connectivity index (χ0n) is 7.62. The van der Waals surface area contributed by atoms with Crippen LogP contribution in [0.2, 0.25) is 0 Å². The first-order valence-electron chi connectivity index (χ1n) is 4.50. The summed E-state index contributed by atoms with van der Waals surface area (Å²) in [6.45, 7) is 2.09. The van der Waals surface area contributed by atoms with Crippen molar-refractivity contribution >= 4 is 10.9 Å². The molecule has 1 aromatic carbocycles. The summed E-state index contributed by atoms with van der Waals surface area (Å²) in [7, 11) is 0. The molecule has 3 nitrogen and oxygen atoms in total. The first-order chi connectivity index (χ1) is 6.31. The van der Waals surface area contributed by atoms with Crippen LogP contribution in [0.1, 0.15) is 24.9 Å². The number of fused-ring (bicyclic) bond motifs is 1. The van der Waals surface area contributed by atoms with Crippen LogP contribution in [0, 0.1) is 0 Å². The van der Waals surface area contributed by atoms with Crippen molar-refractivity contribution in [3.05, 3.63) is 30.0 Å². The maximum Gasteiger partial charge on any atom is 0.0650 e. The number of aromatic amines is 1. The quantitative estimate of drug-likeness (QED) is 0.733. The number of rotatable bonds is 2. The molecule has 0 saturated heterocycles. The van der Waals surface area contributed by atoms with E-state index in [1.165, 1.54) is 5.56 Å². The van der Waals surface area contributed by atoms with Crippen molar-refractivity contribution in [1.82, 2.24) is 10.2 Å². The Hall–Kier alpha value is -1.35. The van der Waals surface area contributed by atoms with E-state index in [0.717, 1.165) is 17.3 Å². The van der Waals surface area contributed by atoms with Crippen molar-refractivity contribution in [2.45, 2.75) is 19.4 Å². The Morgan fingerprint density at radius 1 is 1.54 bits per heavy atom. The van der Waals surface area contributed by atoms with Crippen molar-refractivity contribution in [2.75, 3.05) is 0 Å². The number of benzene rings is 1. The molecule has 0 aliphatic carbocycles. The van der Waals surface area contributed by atoms with Gasteiger partial charge >= 0.3 is 0 Å². The fourth-order valence-electron chi connectivity index (χ4n) is 1.43. The molecule has 2 aromatic rings. The van der Waals surface area contributed by atoms with Crippen LogP contribution < -0.4 is 5.73 Å². The summed E-state index contributed by atoms with van der Waals surface area (Å²) in [5.74, 6) is 0. The lowest BCUT2D eigenvalue weighted by Crippen LogP contribution is -2.07. The van der Waals surface area contributed by atoms with Crippen LogP contribution >= 0.6 is 0 Å². The first kappa shape index (κ1) is 8.26. The van der Waals surface area contributed by atoms with Crippen LogP contribution in [-0.4, -0.2) is 10.2 Å². The van der Waals surface area contributed by atoms with Gasteiger partial charge in [0.1, 0.15) is 0 Å². The van der Waals surface area contributed by atoms with Gasteiger partial charge in [0.15, 0.2) is 0 Å². The molecule has 0 saturated carbocycles. The number of nitrogens with two attached hydrogens (primary N) is 1. The smallest absolute Gasteiger partial charge is 0.0650 e. The van der Waals surface area contributed by atoms with Crippen LogP contribution in [0.4, 0.5) is 0 Å². The van der Waals surface area contributed by atoms with Gasteiger partial charge in [-0.05, 0) is 24.1 Å². The molecule has 0 fully saturated rings. The van der Waals surface area contributed by atoms with Gasteiger partial charge in [-0.15, -0.1) is 0 Å². The maximum absolute atomic E-state index is 5.92. The summed E-state index contributed by atoms with van der Waals surface area (Å²) < 4.78 is 0. The van der Waals surface area contributed by atoms with Gasteiger partial charge in [-0.3, -0.25) is 5.10 Å². The van der Waals surface area contributed by atoms with Gasteiger partial charge in [-0.2, -0.15) is 5.10 Å². The van der Waals surface area contributed by atoms with Gasteiger partial charge < -0.3 is 5.73 Å². The fourth-order valence-corrected chi connectivity index (χ4v) is 1.43.